The zero-order valence-corrected chi connectivity index (χ0v) is 13.5. The molecule has 1 heterocycles. The van der Waals surface area contributed by atoms with E-state index in [1.54, 1.807) is 12.1 Å². The minimum Gasteiger partial charge on any atom is -0.352 e. The molecule has 1 saturated heterocycles. The van der Waals surface area contributed by atoms with Crippen LogP contribution in [0, 0.1) is 10.1 Å². The number of carbonyl (C=O) groups is 1. The molecule has 5 heteroatoms. The molecule has 2 aliphatic rings. The Balaban J connectivity index is 1.71. The van der Waals surface area contributed by atoms with Crippen LogP contribution in [0.15, 0.2) is 48.5 Å². The monoisotopic (exact) mass is 323 g/mol. The van der Waals surface area contributed by atoms with Gasteiger partial charge in [0.2, 0.25) is 0 Å². The molecule has 4 rings (SSSR count). The number of ketones is 1. The topological polar surface area (TPSA) is 72.7 Å². The van der Waals surface area contributed by atoms with Crippen molar-refractivity contribution < 1.29 is 14.5 Å². The normalized spacial score (nSPS) is 26.9. The van der Waals surface area contributed by atoms with Crippen molar-refractivity contribution in [2.24, 2.45) is 0 Å². The van der Waals surface area contributed by atoms with E-state index in [0.717, 1.165) is 16.7 Å². The predicted octanol–water partition coefficient (Wildman–Crippen LogP) is 3.97. The van der Waals surface area contributed by atoms with Crippen molar-refractivity contribution in [3.05, 3.63) is 75.3 Å². The van der Waals surface area contributed by atoms with Crippen LogP contribution in [0.5, 0.6) is 0 Å². The molecule has 0 unspecified atom stereocenters. The van der Waals surface area contributed by atoms with Gasteiger partial charge < -0.3 is 4.74 Å². The Hall–Kier alpha value is -2.53. The van der Waals surface area contributed by atoms with E-state index in [-0.39, 0.29) is 23.0 Å². The molecule has 1 aliphatic heterocycles. The standard InChI is InChI=1S/C19H17NO4/c1-18(2)11-19(16(21)14-5-3-4-6-15(14)18)17(24-19)12-7-9-13(10-8-12)20(22)23/h3-10,17H,11H2,1-2H3/t17-,19-/m0/s1. The lowest BCUT2D eigenvalue weighted by Crippen LogP contribution is -2.40. The van der Waals surface area contributed by atoms with Crippen molar-refractivity contribution >= 4 is 11.5 Å². The zero-order valence-electron chi connectivity index (χ0n) is 13.5. The van der Waals surface area contributed by atoms with Crippen LogP contribution in [-0.4, -0.2) is 16.3 Å². The molecule has 1 fully saturated rings. The maximum Gasteiger partial charge on any atom is 0.269 e. The van der Waals surface area contributed by atoms with Crippen LogP contribution >= 0.6 is 0 Å². The predicted molar refractivity (Wildman–Crippen MR) is 88.1 cm³/mol. The first-order chi connectivity index (χ1) is 11.3. The van der Waals surface area contributed by atoms with Crippen LogP contribution < -0.4 is 0 Å². The second kappa shape index (κ2) is 4.74. The summed E-state index contributed by atoms with van der Waals surface area (Å²) in [7, 11) is 0. The van der Waals surface area contributed by atoms with E-state index in [1.165, 1.54) is 12.1 Å². The van der Waals surface area contributed by atoms with Gasteiger partial charge in [-0.05, 0) is 35.1 Å². The van der Waals surface area contributed by atoms with Gasteiger partial charge in [0.1, 0.15) is 6.10 Å². The highest BCUT2D eigenvalue weighted by molar-refractivity contribution is 6.07. The highest BCUT2D eigenvalue weighted by Crippen LogP contribution is 2.60. The number of rotatable bonds is 2. The first kappa shape index (κ1) is 15.0. The quantitative estimate of drug-likeness (QED) is 0.476. The lowest BCUT2D eigenvalue weighted by Gasteiger charge is -2.35. The summed E-state index contributed by atoms with van der Waals surface area (Å²) in [4.78, 5) is 23.4. The van der Waals surface area contributed by atoms with Gasteiger partial charge in [0.05, 0.1) is 4.92 Å². The van der Waals surface area contributed by atoms with E-state index in [9.17, 15) is 14.9 Å². The maximum atomic E-state index is 13.0. The molecule has 0 saturated carbocycles. The second-order valence-corrected chi connectivity index (χ2v) is 7.17. The van der Waals surface area contributed by atoms with Gasteiger partial charge in [0.25, 0.3) is 5.69 Å². The average molecular weight is 323 g/mol. The van der Waals surface area contributed by atoms with Crippen molar-refractivity contribution in [2.75, 3.05) is 0 Å². The smallest absolute Gasteiger partial charge is 0.269 e. The van der Waals surface area contributed by atoms with E-state index < -0.39 is 10.5 Å². The van der Waals surface area contributed by atoms with Gasteiger partial charge in [-0.15, -0.1) is 0 Å². The maximum absolute atomic E-state index is 13.0. The second-order valence-electron chi connectivity index (χ2n) is 7.17. The van der Waals surface area contributed by atoms with E-state index in [2.05, 4.69) is 13.8 Å². The fourth-order valence-corrected chi connectivity index (χ4v) is 3.92. The number of epoxide rings is 1. The van der Waals surface area contributed by atoms with Gasteiger partial charge in [-0.2, -0.15) is 0 Å². The fourth-order valence-electron chi connectivity index (χ4n) is 3.92. The Morgan fingerprint density at radius 1 is 1.12 bits per heavy atom. The number of ether oxygens (including phenoxy) is 1. The van der Waals surface area contributed by atoms with Crippen LogP contribution in [0.1, 0.15) is 47.9 Å². The Morgan fingerprint density at radius 2 is 1.79 bits per heavy atom. The van der Waals surface area contributed by atoms with Gasteiger partial charge in [0, 0.05) is 17.7 Å². The number of nitrogens with zero attached hydrogens (tertiary/aromatic N) is 1. The largest absolute Gasteiger partial charge is 0.352 e. The molecular weight excluding hydrogens is 306 g/mol. The Kier molecular flexibility index (Phi) is 2.97. The van der Waals surface area contributed by atoms with Crippen LogP contribution in [-0.2, 0) is 10.2 Å². The van der Waals surface area contributed by atoms with Crippen LogP contribution in [0.2, 0.25) is 0 Å². The molecular formula is C19H17NO4. The number of nitro benzene ring substituents is 1. The molecule has 1 spiro atoms. The molecule has 0 aromatic heterocycles. The minimum atomic E-state index is -0.839. The molecule has 0 radical (unpaired) electrons. The number of non-ortho nitro benzene ring substituents is 1. The first-order valence-electron chi connectivity index (χ1n) is 7.92. The molecule has 2 aromatic rings. The molecule has 0 N–H and O–H groups in total. The number of nitro groups is 1. The summed E-state index contributed by atoms with van der Waals surface area (Å²) in [6, 6.07) is 14.0. The van der Waals surface area contributed by atoms with Crippen molar-refractivity contribution in [2.45, 2.75) is 37.4 Å². The summed E-state index contributed by atoms with van der Waals surface area (Å²) >= 11 is 0. The molecule has 1 aliphatic carbocycles. The molecule has 2 aromatic carbocycles. The lowest BCUT2D eigenvalue weighted by molar-refractivity contribution is -0.384. The first-order valence-corrected chi connectivity index (χ1v) is 7.92. The summed E-state index contributed by atoms with van der Waals surface area (Å²) in [6.45, 7) is 4.24. The van der Waals surface area contributed by atoms with Gasteiger partial charge in [-0.25, -0.2) is 0 Å². The minimum absolute atomic E-state index is 0.0146. The van der Waals surface area contributed by atoms with Gasteiger partial charge in [-0.3, -0.25) is 14.9 Å². The lowest BCUT2D eigenvalue weighted by atomic mass is 9.66. The molecule has 24 heavy (non-hydrogen) atoms. The van der Waals surface area contributed by atoms with Crippen LogP contribution in [0.4, 0.5) is 5.69 Å². The molecule has 0 amide bonds. The Morgan fingerprint density at radius 3 is 2.46 bits per heavy atom. The molecule has 0 bridgehead atoms. The van der Waals surface area contributed by atoms with Gasteiger partial charge >= 0.3 is 0 Å². The molecule has 5 nitrogen and oxygen atoms in total. The third-order valence-corrected chi connectivity index (χ3v) is 5.09. The van der Waals surface area contributed by atoms with Crippen LogP contribution in [0.25, 0.3) is 0 Å². The van der Waals surface area contributed by atoms with E-state index in [1.807, 2.05) is 24.3 Å². The number of benzene rings is 2. The van der Waals surface area contributed by atoms with E-state index in [0.29, 0.717) is 6.42 Å². The van der Waals surface area contributed by atoms with Gasteiger partial charge in [0.15, 0.2) is 11.4 Å². The SMILES string of the molecule is CC1(C)C[C@]2(O[C@H]2c2ccc([N+](=O)[O-])cc2)C(=O)c2ccccc21. The average Bonchev–Trinajstić information content (AvgIpc) is 3.27. The van der Waals surface area contributed by atoms with Crippen molar-refractivity contribution in [3.8, 4) is 0 Å². The summed E-state index contributed by atoms with van der Waals surface area (Å²) in [5.74, 6) is 0.0146. The number of Topliss-reactive ketones (excluding diaryl/α,β-unsaturated/α-hetero) is 1. The third kappa shape index (κ3) is 2.01. The van der Waals surface area contributed by atoms with E-state index in [4.69, 9.17) is 4.74 Å². The zero-order chi connectivity index (χ0) is 17.1. The highest BCUT2D eigenvalue weighted by atomic mass is 16.6. The summed E-state index contributed by atoms with van der Waals surface area (Å²) in [5.41, 5.74) is 1.61. The number of carbonyl (C=O) groups excluding carboxylic acids is 1. The number of hydrogen-bond donors (Lipinski definition) is 0. The van der Waals surface area contributed by atoms with Crippen LogP contribution in [0.3, 0.4) is 0 Å². The highest BCUT2D eigenvalue weighted by Gasteiger charge is 2.66. The Bertz CT molecular complexity index is 856. The summed E-state index contributed by atoms with van der Waals surface area (Å²) in [5, 5.41) is 10.8. The number of hydrogen-bond acceptors (Lipinski definition) is 4. The third-order valence-electron chi connectivity index (χ3n) is 5.09. The Labute approximate surface area is 139 Å². The van der Waals surface area contributed by atoms with E-state index >= 15 is 0 Å². The summed E-state index contributed by atoms with van der Waals surface area (Å²) < 4.78 is 5.92. The molecule has 122 valence electrons. The van der Waals surface area contributed by atoms with Gasteiger partial charge in [-0.1, -0.05) is 38.1 Å². The summed E-state index contributed by atoms with van der Waals surface area (Å²) in [6.07, 6.45) is 0.274. The van der Waals surface area contributed by atoms with Crippen molar-refractivity contribution in [1.82, 2.24) is 0 Å². The van der Waals surface area contributed by atoms with Crippen molar-refractivity contribution in [1.29, 1.82) is 0 Å². The number of fused-ring (bicyclic) bond motifs is 1. The van der Waals surface area contributed by atoms with Crippen molar-refractivity contribution in [3.63, 3.8) is 0 Å². The fraction of sp³-hybridized carbons (Fsp3) is 0.316. The molecule has 2 atom stereocenters.